The van der Waals surface area contributed by atoms with Gasteiger partial charge < -0.3 is 10.4 Å². The Balaban J connectivity index is 1.95. The van der Waals surface area contributed by atoms with Crippen molar-refractivity contribution >= 4 is 64.1 Å². The molecule has 0 aliphatic rings. The number of amides is 1. The smallest absolute Gasteiger partial charge is 0.397 e. The standard InChI is InChI=1S/C20H19N3O11S3/c1-12(24)21-15-4-7-17-13(10-15)11-18(36(28,29)30)19(20(17)25)23-22-14-2-5-16(6-3-14)35(26,27)9-8-34-37(31,32)33/h2-7,10-11,25H,8-9H2,1H3,(H,21,24)(H,28,29,30)(H,31,32,33)/b23-22+. The number of anilines is 1. The number of sulfone groups is 1. The van der Waals surface area contributed by atoms with Gasteiger partial charge in [0, 0.05) is 18.0 Å². The van der Waals surface area contributed by atoms with Gasteiger partial charge >= 0.3 is 10.4 Å². The number of aromatic hydroxyl groups is 1. The Labute approximate surface area is 211 Å². The van der Waals surface area contributed by atoms with Crippen LogP contribution in [0.1, 0.15) is 6.92 Å². The third-order valence-electron chi connectivity index (χ3n) is 4.69. The van der Waals surface area contributed by atoms with Crippen molar-refractivity contribution in [3.8, 4) is 5.75 Å². The van der Waals surface area contributed by atoms with Gasteiger partial charge in [0.15, 0.2) is 15.6 Å². The highest BCUT2D eigenvalue weighted by molar-refractivity contribution is 7.91. The number of carbonyl (C=O) groups is 1. The predicted molar refractivity (Wildman–Crippen MR) is 130 cm³/mol. The molecule has 3 aromatic carbocycles. The lowest BCUT2D eigenvalue weighted by atomic mass is 10.1. The van der Waals surface area contributed by atoms with Gasteiger partial charge in [0.05, 0.1) is 22.9 Å². The van der Waals surface area contributed by atoms with Crippen molar-refractivity contribution in [1.29, 1.82) is 0 Å². The monoisotopic (exact) mass is 573 g/mol. The number of benzene rings is 3. The number of phenols is 1. The van der Waals surface area contributed by atoms with Gasteiger partial charge in [-0.3, -0.25) is 13.9 Å². The topological polar surface area (TPSA) is 226 Å². The molecule has 0 heterocycles. The number of azo groups is 1. The van der Waals surface area contributed by atoms with E-state index in [0.717, 1.165) is 18.2 Å². The maximum Gasteiger partial charge on any atom is 0.397 e. The number of nitrogens with zero attached hydrogens (tertiary/aromatic N) is 2. The molecule has 0 radical (unpaired) electrons. The number of nitrogens with one attached hydrogen (secondary N) is 1. The summed E-state index contributed by atoms with van der Waals surface area (Å²) in [6.45, 7) is 0.462. The van der Waals surface area contributed by atoms with E-state index in [0.29, 0.717) is 5.69 Å². The predicted octanol–water partition coefficient (Wildman–Crippen LogP) is 2.76. The van der Waals surface area contributed by atoms with E-state index in [1.807, 2.05) is 0 Å². The van der Waals surface area contributed by atoms with Gasteiger partial charge in [0.1, 0.15) is 10.6 Å². The van der Waals surface area contributed by atoms with E-state index in [4.69, 9.17) is 4.55 Å². The van der Waals surface area contributed by atoms with E-state index in [1.54, 1.807) is 0 Å². The molecule has 0 aliphatic carbocycles. The van der Waals surface area contributed by atoms with Gasteiger partial charge in [-0.25, -0.2) is 12.6 Å². The Morgan fingerprint density at radius 3 is 2.16 bits per heavy atom. The second-order valence-corrected chi connectivity index (χ2v) is 12.0. The van der Waals surface area contributed by atoms with Gasteiger partial charge in [-0.1, -0.05) is 0 Å². The minimum Gasteiger partial charge on any atom is -0.505 e. The fraction of sp³-hybridized carbons (Fsp3) is 0.150. The lowest BCUT2D eigenvalue weighted by Gasteiger charge is -2.10. The van der Waals surface area contributed by atoms with Crippen LogP contribution in [-0.4, -0.2) is 57.7 Å². The minimum atomic E-state index is -4.89. The minimum absolute atomic E-state index is 0.0370. The van der Waals surface area contributed by atoms with Crippen molar-refractivity contribution in [3.63, 3.8) is 0 Å². The molecule has 3 rings (SSSR count). The number of rotatable bonds is 9. The maximum atomic E-state index is 12.3. The molecule has 0 aliphatic heterocycles. The van der Waals surface area contributed by atoms with Crippen LogP contribution in [0.25, 0.3) is 10.8 Å². The molecule has 0 saturated carbocycles. The third-order valence-corrected chi connectivity index (χ3v) is 7.72. The fourth-order valence-electron chi connectivity index (χ4n) is 3.12. The van der Waals surface area contributed by atoms with Gasteiger partial charge in [-0.15, -0.1) is 5.11 Å². The van der Waals surface area contributed by atoms with E-state index in [2.05, 4.69) is 19.7 Å². The first-order valence-electron chi connectivity index (χ1n) is 9.98. The molecule has 1 amide bonds. The highest BCUT2D eigenvalue weighted by Gasteiger charge is 2.22. The highest BCUT2D eigenvalue weighted by Crippen LogP contribution is 2.42. The average Bonchev–Trinajstić information content (AvgIpc) is 2.76. The van der Waals surface area contributed by atoms with Crippen molar-refractivity contribution in [2.75, 3.05) is 17.7 Å². The van der Waals surface area contributed by atoms with Crippen LogP contribution in [0, 0.1) is 0 Å². The average molecular weight is 574 g/mol. The molecular formula is C20H19N3O11S3. The second-order valence-electron chi connectivity index (χ2n) is 7.43. The largest absolute Gasteiger partial charge is 0.505 e. The van der Waals surface area contributed by atoms with Crippen molar-refractivity contribution in [2.24, 2.45) is 10.2 Å². The molecule has 14 nitrogen and oxygen atoms in total. The first-order chi connectivity index (χ1) is 17.1. The molecule has 0 fully saturated rings. The summed E-state index contributed by atoms with van der Waals surface area (Å²) < 4.78 is 91.7. The molecule has 0 atom stereocenters. The number of fused-ring (bicyclic) bond motifs is 1. The van der Waals surface area contributed by atoms with E-state index in [9.17, 15) is 39.7 Å². The summed E-state index contributed by atoms with van der Waals surface area (Å²) in [6, 6.07) is 9.90. The number of hydrogen-bond donors (Lipinski definition) is 4. The summed E-state index contributed by atoms with van der Waals surface area (Å²) in [5.41, 5.74) is -0.231. The van der Waals surface area contributed by atoms with E-state index in [1.165, 1.54) is 37.3 Å². The van der Waals surface area contributed by atoms with Crippen LogP contribution < -0.4 is 5.32 Å². The van der Waals surface area contributed by atoms with Gasteiger partial charge in [0.25, 0.3) is 10.1 Å². The molecular weight excluding hydrogens is 554 g/mol. The zero-order valence-electron chi connectivity index (χ0n) is 18.8. The van der Waals surface area contributed by atoms with Gasteiger partial charge in [-0.2, -0.15) is 21.9 Å². The quantitative estimate of drug-likeness (QED) is 0.215. The number of hydrogen-bond acceptors (Lipinski definition) is 11. The zero-order valence-corrected chi connectivity index (χ0v) is 21.2. The van der Waals surface area contributed by atoms with Gasteiger partial charge in [0.2, 0.25) is 5.91 Å². The van der Waals surface area contributed by atoms with E-state index in [-0.39, 0.29) is 27.3 Å². The van der Waals surface area contributed by atoms with Crippen LogP contribution in [0.5, 0.6) is 5.75 Å². The summed E-state index contributed by atoms with van der Waals surface area (Å²) in [5.74, 6) is -1.75. The molecule has 0 saturated heterocycles. The molecule has 198 valence electrons. The summed E-state index contributed by atoms with van der Waals surface area (Å²) in [4.78, 5) is 10.3. The fourth-order valence-corrected chi connectivity index (χ4v) is 5.27. The van der Waals surface area contributed by atoms with Crippen LogP contribution in [0.3, 0.4) is 0 Å². The van der Waals surface area contributed by atoms with Crippen LogP contribution in [0.2, 0.25) is 0 Å². The normalized spacial score (nSPS) is 12.7. The molecule has 3 aromatic rings. The Bertz CT molecular complexity index is 1720. The first-order valence-corrected chi connectivity index (χ1v) is 14.4. The Morgan fingerprint density at radius 2 is 1.59 bits per heavy atom. The summed E-state index contributed by atoms with van der Waals surface area (Å²) in [7, 11) is -13.7. The van der Waals surface area contributed by atoms with E-state index >= 15 is 0 Å². The van der Waals surface area contributed by atoms with Crippen molar-refractivity contribution in [1.82, 2.24) is 0 Å². The third kappa shape index (κ3) is 7.28. The summed E-state index contributed by atoms with van der Waals surface area (Å²) in [6.07, 6.45) is 0. The highest BCUT2D eigenvalue weighted by atomic mass is 32.3. The van der Waals surface area contributed by atoms with Gasteiger partial charge in [-0.05, 0) is 53.9 Å². The molecule has 17 heteroatoms. The Morgan fingerprint density at radius 1 is 0.946 bits per heavy atom. The molecule has 37 heavy (non-hydrogen) atoms. The lowest BCUT2D eigenvalue weighted by molar-refractivity contribution is -0.114. The van der Waals surface area contributed by atoms with Crippen LogP contribution >= 0.6 is 0 Å². The molecule has 4 N–H and O–H groups in total. The Hall–Kier alpha value is -3.48. The second kappa shape index (κ2) is 10.5. The van der Waals surface area contributed by atoms with E-state index < -0.39 is 59.0 Å². The maximum absolute atomic E-state index is 12.3. The van der Waals surface area contributed by atoms with Crippen LogP contribution in [0.15, 0.2) is 68.6 Å². The molecule has 0 unspecified atom stereocenters. The number of phenolic OH excluding ortho intramolecular Hbond substituents is 1. The summed E-state index contributed by atoms with van der Waals surface area (Å²) in [5, 5.41) is 21.0. The Kier molecular flexibility index (Phi) is 7.96. The van der Waals surface area contributed by atoms with Crippen molar-refractivity contribution < 1.29 is 48.4 Å². The zero-order chi connectivity index (χ0) is 27.6. The van der Waals surface area contributed by atoms with Crippen molar-refractivity contribution in [2.45, 2.75) is 16.7 Å². The van der Waals surface area contributed by atoms with Crippen molar-refractivity contribution in [3.05, 3.63) is 48.5 Å². The SMILES string of the molecule is CC(=O)Nc1ccc2c(O)c(/N=N/c3ccc(S(=O)(=O)CCOS(=O)(=O)O)cc3)c(S(=O)(=O)O)cc2c1. The number of carbonyl (C=O) groups excluding carboxylic acids is 1. The van der Waals surface area contributed by atoms with Crippen LogP contribution in [-0.2, 0) is 39.3 Å². The summed E-state index contributed by atoms with van der Waals surface area (Å²) >= 11 is 0. The first kappa shape index (κ1) is 28.1. The van der Waals surface area contributed by atoms with Crippen LogP contribution in [0.4, 0.5) is 17.1 Å². The molecule has 0 bridgehead atoms. The lowest BCUT2D eigenvalue weighted by Crippen LogP contribution is -2.15. The molecule has 0 aromatic heterocycles. The molecule has 0 spiro atoms.